The third-order valence-corrected chi connectivity index (χ3v) is 5.64. The average Bonchev–Trinajstić information content (AvgIpc) is 3.14. The number of nitrogens with zero attached hydrogens (tertiary/aromatic N) is 2. The Morgan fingerprint density at radius 1 is 1.21 bits per heavy atom. The molecule has 0 saturated carbocycles. The highest BCUT2D eigenvalue weighted by Crippen LogP contribution is 2.38. The Hall–Kier alpha value is -2.78. The molecule has 3 rings (SSSR count). The van der Waals surface area contributed by atoms with Crippen LogP contribution in [0.25, 0.3) is 0 Å². The molecule has 0 aromatic carbocycles. The highest BCUT2D eigenvalue weighted by atomic mass is 32.1. The Morgan fingerprint density at radius 3 is 2.61 bits per heavy atom. The molecule has 0 bridgehead atoms. The number of rotatable bonds is 7. The minimum absolute atomic E-state index is 0.00936. The summed E-state index contributed by atoms with van der Waals surface area (Å²) in [4.78, 5) is 43.1. The minimum atomic E-state index is -0.520. The standard InChI is InChI=1S/C19H23N5O3S/c1-11-6-7-21-14(8-11)22-15(25)9-24(2)10-16(26)23-19-17(18(20)27)12-4-3-5-13(12)28-19/h6-8H,3-5,9-10H2,1-2H3,(H2,20,27)(H,23,26)(H,21,22,25). The highest BCUT2D eigenvalue weighted by molar-refractivity contribution is 7.17. The Bertz CT molecular complexity index is 924. The van der Waals surface area contributed by atoms with Crippen LogP contribution < -0.4 is 16.4 Å². The summed E-state index contributed by atoms with van der Waals surface area (Å²) in [6.07, 6.45) is 4.34. The third kappa shape index (κ3) is 4.73. The summed E-state index contributed by atoms with van der Waals surface area (Å²) in [6.45, 7) is 1.96. The van der Waals surface area contributed by atoms with Crippen molar-refractivity contribution in [3.63, 3.8) is 0 Å². The first-order valence-electron chi connectivity index (χ1n) is 8.98. The van der Waals surface area contributed by atoms with Gasteiger partial charge in [0.2, 0.25) is 11.8 Å². The van der Waals surface area contributed by atoms with Gasteiger partial charge in [0.1, 0.15) is 10.8 Å². The first kappa shape index (κ1) is 20.0. The molecule has 0 aliphatic heterocycles. The van der Waals surface area contributed by atoms with Gasteiger partial charge in [-0.25, -0.2) is 4.98 Å². The molecular formula is C19H23N5O3S. The second kappa shape index (κ2) is 8.49. The maximum Gasteiger partial charge on any atom is 0.251 e. The van der Waals surface area contributed by atoms with Gasteiger partial charge >= 0.3 is 0 Å². The van der Waals surface area contributed by atoms with Crippen LogP contribution in [-0.2, 0) is 22.4 Å². The van der Waals surface area contributed by atoms with Crippen molar-refractivity contribution < 1.29 is 14.4 Å². The SMILES string of the molecule is Cc1ccnc(NC(=O)CN(C)CC(=O)Nc2sc3c(c2C(N)=O)CCC3)c1. The number of likely N-dealkylation sites (N-methyl/N-ethyl adjacent to an activating group) is 1. The van der Waals surface area contributed by atoms with Crippen LogP contribution in [0.1, 0.15) is 32.8 Å². The van der Waals surface area contributed by atoms with E-state index in [0.29, 0.717) is 16.4 Å². The fourth-order valence-corrected chi connectivity index (χ4v) is 4.56. The summed E-state index contributed by atoms with van der Waals surface area (Å²) in [5.74, 6) is -0.608. The van der Waals surface area contributed by atoms with Crippen molar-refractivity contribution in [2.45, 2.75) is 26.2 Å². The predicted octanol–water partition coefficient (Wildman–Crippen LogP) is 1.55. The highest BCUT2D eigenvalue weighted by Gasteiger charge is 2.26. The summed E-state index contributed by atoms with van der Waals surface area (Å²) >= 11 is 1.41. The van der Waals surface area contributed by atoms with Crippen molar-refractivity contribution in [2.75, 3.05) is 30.8 Å². The van der Waals surface area contributed by atoms with Gasteiger partial charge in [0, 0.05) is 11.1 Å². The van der Waals surface area contributed by atoms with Gasteiger partial charge in [-0.2, -0.15) is 0 Å². The number of thiophene rings is 1. The Morgan fingerprint density at radius 2 is 1.93 bits per heavy atom. The van der Waals surface area contributed by atoms with Crippen LogP contribution in [0.5, 0.6) is 0 Å². The zero-order chi connectivity index (χ0) is 20.3. The summed E-state index contributed by atoms with van der Waals surface area (Å²) in [5.41, 5.74) is 7.89. The Labute approximate surface area is 167 Å². The molecule has 4 N–H and O–H groups in total. The number of hydrogen-bond acceptors (Lipinski definition) is 6. The molecule has 3 amide bonds. The van der Waals surface area contributed by atoms with Crippen LogP contribution in [0.15, 0.2) is 18.3 Å². The van der Waals surface area contributed by atoms with E-state index in [4.69, 9.17) is 5.73 Å². The summed E-state index contributed by atoms with van der Waals surface area (Å²) in [5, 5.41) is 5.98. The van der Waals surface area contributed by atoms with Crippen molar-refractivity contribution in [1.82, 2.24) is 9.88 Å². The molecule has 8 nitrogen and oxygen atoms in total. The Balaban J connectivity index is 1.55. The normalized spacial score (nSPS) is 12.7. The van der Waals surface area contributed by atoms with Crippen LogP contribution in [0.4, 0.5) is 10.8 Å². The molecule has 0 unspecified atom stereocenters. The number of primary amides is 1. The number of fused-ring (bicyclic) bond motifs is 1. The van der Waals surface area contributed by atoms with Crippen LogP contribution >= 0.6 is 11.3 Å². The maximum atomic E-state index is 12.4. The largest absolute Gasteiger partial charge is 0.365 e. The number of carbonyl (C=O) groups excluding carboxylic acids is 3. The average molecular weight is 401 g/mol. The van der Waals surface area contributed by atoms with Gasteiger partial charge in [-0.1, -0.05) is 0 Å². The molecule has 2 aromatic rings. The van der Waals surface area contributed by atoms with Gasteiger partial charge in [-0.15, -0.1) is 11.3 Å². The van der Waals surface area contributed by atoms with Crippen LogP contribution in [0, 0.1) is 6.92 Å². The van der Waals surface area contributed by atoms with Crippen molar-refractivity contribution >= 4 is 39.9 Å². The molecule has 1 aliphatic carbocycles. The fraction of sp³-hybridized carbons (Fsp3) is 0.368. The lowest BCUT2D eigenvalue weighted by Crippen LogP contribution is -2.36. The van der Waals surface area contributed by atoms with Crippen molar-refractivity contribution in [3.8, 4) is 0 Å². The summed E-state index contributed by atoms with van der Waals surface area (Å²) in [7, 11) is 1.67. The number of amides is 3. The van der Waals surface area contributed by atoms with Gasteiger partial charge in [-0.05, 0) is 56.5 Å². The summed E-state index contributed by atoms with van der Waals surface area (Å²) < 4.78 is 0. The number of carbonyl (C=O) groups is 3. The smallest absolute Gasteiger partial charge is 0.251 e. The summed E-state index contributed by atoms with van der Waals surface area (Å²) in [6, 6.07) is 3.61. The van der Waals surface area contributed by atoms with Crippen LogP contribution in [-0.4, -0.2) is 47.7 Å². The van der Waals surface area contributed by atoms with E-state index < -0.39 is 5.91 Å². The predicted molar refractivity (Wildman–Crippen MR) is 109 cm³/mol. The van der Waals surface area contributed by atoms with Crippen molar-refractivity contribution in [2.24, 2.45) is 5.73 Å². The first-order chi connectivity index (χ1) is 13.3. The monoisotopic (exact) mass is 401 g/mol. The van der Waals surface area contributed by atoms with E-state index in [1.165, 1.54) is 11.3 Å². The number of pyridine rings is 1. The lowest BCUT2D eigenvalue weighted by molar-refractivity contribution is -0.119. The van der Waals surface area contributed by atoms with Gasteiger partial charge in [0.25, 0.3) is 5.91 Å². The molecule has 0 radical (unpaired) electrons. The molecule has 2 heterocycles. The molecule has 28 heavy (non-hydrogen) atoms. The molecule has 0 saturated heterocycles. The van der Waals surface area contributed by atoms with E-state index in [1.54, 1.807) is 24.2 Å². The van der Waals surface area contributed by atoms with Crippen LogP contribution in [0.2, 0.25) is 0 Å². The molecular weight excluding hydrogens is 378 g/mol. The van der Waals surface area contributed by atoms with Gasteiger partial charge in [-0.3, -0.25) is 19.3 Å². The number of aryl methyl sites for hydroxylation is 2. The van der Waals surface area contributed by atoms with Gasteiger partial charge in [0.05, 0.1) is 18.7 Å². The fourth-order valence-electron chi connectivity index (χ4n) is 3.25. The molecule has 0 atom stereocenters. The van der Waals surface area contributed by atoms with E-state index >= 15 is 0 Å². The molecule has 0 spiro atoms. The lowest BCUT2D eigenvalue weighted by Gasteiger charge is -2.16. The van der Waals surface area contributed by atoms with E-state index in [0.717, 1.165) is 35.3 Å². The lowest BCUT2D eigenvalue weighted by atomic mass is 10.1. The zero-order valence-corrected chi connectivity index (χ0v) is 16.7. The Kier molecular flexibility index (Phi) is 6.05. The minimum Gasteiger partial charge on any atom is -0.365 e. The van der Waals surface area contributed by atoms with Crippen molar-refractivity contribution in [3.05, 3.63) is 39.9 Å². The number of anilines is 2. The van der Waals surface area contributed by atoms with Crippen LogP contribution in [0.3, 0.4) is 0 Å². The van der Waals surface area contributed by atoms with E-state index in [1.807, 2.05) is 13.0 Å². The number of nitrogens with two attached hydrogens (primary N) is 1. The molecule has 148 valence electrons. The number of hydrogen-bond donors (Lipinski definition) is 3. The maximum absolute atomic E-state index is 12.4. The topological polar surface area (TPSA) is 117 Å². The molecule has 2 aromatic heterocycles. The van der Waals surface area contributed by atoms with E-state index in [2.05, 4.69) is 15.6 Å². The first-order valence-corrected chi connectivity index (χ1v) is 9.80. The number of nitrogens with one attached hydrogen (secondary N) is 2. The molecule has 9 heteroatoms. The molecule has 1 aliphatic rings. The van der Waals surface area contributed by atoms with Crippen molar-refractivity contribution in [1.29, 1.82) is 0 Å². The third-order valence-electron chi connectivity index (χ3n) is 4.43. The number of aromatic nitrogens is 1. The van der Waals surface area contributed by atoms with E-state index in [-0.39, 0.29) is 24.9 Å². The second-order valence-corrected chi connectivity index (χ2v) is 8.02. The second-order valence-electron chi connectivity index (χ2n) is 6.91. The zero-order valence-electron chi connectivity index (χ0n) is 15.9. The van der Waals surface area contributed by atoms with Gasteiger partial charge in [0.15, 0.2) is 0 Å². The molecule has 0 fully saturated rings. The quantitative estimate of drug-likeness (QED) is 0.651. The van der Waals surface area contributed by atoms with E-state index in [9.17, 15) is 14.4 Å². The van der Waals surface area contributed by atoms with Gasteiger partial charge < -0.3 is 16.4 Å².